The van der Waals surface area contributed by atoms with Gasteiger partial charge in [-0.1, -0.05) is 95.6 Å². The maximum Gasteiger partial charge on any atom is 0.0858 e. The van der Waals surface area contributed by atoms with Crippen LogP contribution in [0.3, 0.4) is 0 Å². The van der Waals surface area contributed by atoms with Crippen molar-refractivity contribution in [2.75, 3.05) is 0 Å². The first-order valence-corrected chi connectivity index (χ1v) is 13.3. The fourth-order valence-corrected chi connectivity index (χ4v) is 9.03. The molecule has 0 bridgehead atoms. The SMILES string of the molecule is ClC(c1cccc2c1Sc1ccccc1S2)c1cccc2c1Sc1ccccc1S2. The fourth-order valence-electron chi connectivity index (χ4n) is 3.71. The van der Waals surface area contributed by atoms with Crippen LogP contribution in [0.4, 0.5) is 0 Å². The second-order valence-electron chi connectivity index (χ2n) is 7.01. The van der Waals surface area contributed by atoms with E-state index in [0.29, 0.717) is 0 Å². The molecule has 0 radical (unpaired) electrons. The van der Waals surface area contributed by atoms with Crippen molar-refractivity contribution in [2.24, 2.45) is 0 Å². The number of hydrogen-bond donors (Lipinski definition) is 0. The van der Waals surface area contributed by atoms with E-state index in [1.807, 2.05) is 47.0 Å². The van der Waals surface area contributed by atoms with E-state index in [2.05, 4.69) is 84.9 Å². The van der Waals surface area contributed by atoms with Crippen LogP contribution in [-0.2, 0) is 0 Å². The quantitative estimate of drug-likeness (QED) is 0.227. The molecule has 5 heteroatoms. The highest BCUT2D eigenvalue weighted by atomic mass is 35.5. The van der Waals surface area contributed by atoms with E-state index in [0.717, 1.165) is 0 Å². The lowest BCUT2D eigenvalue weighted by atomic mass is 10.0. The molecule has 0 nitrogen and oxygen atoms in total. The maximum absolute atomic E-state index is 7.21. The Morgan fingerprint density at radius 1 is 0.433 bits per heavy atom. The Labute approximate surface area is 198 Å². The number of halogens is 1. The Morgan fingerprint density at radius 3 is 1.23 bits per heavy atom. The van der Waals surface area contributed by atoms with Gasteiger partial charge in [-0.2, -0.15) is 0 Å². The summed E-state index contributed by atoms with van der Waals surface area (Å²) < 4.78 is 0. The van der Waals surface area contributed by atoms with Gasteiger partial charge in [-0.05, 0) is 47.5 Å². The monoisotopic (exact) mass is 478 g/mol. The van der Waals surface area contributed by atoms with Gasteiger partial charge in [0.1, 0.15) is 0 Å². The minimum Gasteiger partial charge on any atom is -0.113 e. The summed E-state index contributed by atoms with van der Waals surface area (Å²) in [5, 5.41) is -0.188. The molecule has 2 heterocycles. The Morgan fingerprint density at radius 2 is 0.800 bits per heavy atom. The molecule has 0 saturated heterocycles. The summed E-state index contributed by atoms with van der Waals surface area (Å²) in [7, 11) is 0. The molecular weight excluding hydrogens is 464 g/mol. The third-order valence-electron chi connectivity index (χ3n) is 5.13. The van der Waals surface area contributed by atoms with Gasteiger partial charge in [0.15, 0.2) is 0 Å². The summed E-state index contributed by atoms with van der Waals surface area (Å²) in [6, 6.07) is 30.3. The molecule has 0 unspecified atom stereocenters. The predicted octanol–water partition coefficient (Wildman–Crippen LogP) is 9.25. The van der Waals surface area contributed by atoms with Gasteiger partial charge in [-0.25, -0.2) is 0 Å². The molecule has 4 aromatic carbocycles. The smallest absolute Gasteiger partial charge is 0.0858 e. The van der Waals surface area contributed by atoms with E-state index in [1.165, 1.54) is 50.3 Å². The van der Waals surface area contributed by atoms with Crippen LogP contribution in [0.5, 0.6) is 0 Å². The van der Waals surface area contributed by atoms with Crippen molar-refractivity contribution in [3.63, 3.8) is 0 Å². The zero-order valence-corrected chi connectivity index (χ0v) is 19.7. The molecule has 0 aliphatic carbocycles. The van der Waals surface area contributed by atoms with Crippen LogP contribution in [0.15, 0.2) is 124 Å². The van der Waals surface area contributed by atoms with E-state index in [1.54, 1.807) is 0 Å². The van der Waals surface area contributed by atoms with E-state index < -0.39 is 0 Å². The first kappa shape index (κ1) is 19.3. The molecule has 146 valence electrons. The zero-order valence-electron chi connectivity index (χ0n) is 15.7. The molecule has 4 aromatic rings. The van der Waals surface area contributed by atoms with Gasteiger partial charge in [0.25, 0.3) is 0 Å². The van der Waals surface area contributed by atoms with Crippen molar-refractivity contribution in [1.29, 1.82) is 0 Å². The third kappa shape index (κ3) is 3.30. The molecule has 0 atom stereocenters. The molecule has 2 aliphatic heterocycles. The molecule has 0 spiro atoms. The largest absolute Gasteiger partial charge is 0.113 e. The van der Waals surface area contributed by atoms with E-state index >= 15 is 0 Å². The molecule has 30 heavy (non-hydrogen) atoms. The minimum absolute atomic E-state index is 0.188. The van der Waals surface area contributed by atoms with Crippen molar-refractivity contribution in [3.8, 4) is 0 Å². The Hall–Kier alpha value is -1.43. The Bertz CT molecular complexity index is 1180. The molecule has 2 aliphatic rings. The summed E-state index contributed by atoms with van der Waals surface area (Å²) in [6.07, 6.45) is 0. The normalized spacial score (nSPS) is 13.9. The number of benzene rings is 4. The highest BCUT2D eigenvalue weighted by Gasteiger charge is 2.27. The van der Waals surface area contributed by atoms with Gasteiger partial charge < -0.3 is 0 Å². The summed E-state index contributed by atoms with van der Waals surface area (Å²) >= 11 is 14.6. The van der Waals surface area contributed by atoms with Crippen molar-refractivity contribution in [3.05, 3.63) is 96.1 Å². The van der Waals surface area contributed by atoms with E-state index in [-0.39, 0.29) is 5.38 Å². The predicted molar refractivity (Wildman–Crippen MR) is 130 cm³/mol. The van der Waals surface area contributed by atoms with Gasteiger partial charge in [-0.15, -0.1) is 11.6 Å². The van der Waals surface area contributed by atoms with Crippen LogP contribution >= 0.6 is 58.6 Å². The van der Waals surface area contributed by atoms with E-state index in [4.69, 9.17) is 11.6 Å². The van der Waals surface area contributed by atoms with Crippen LogP contribution in [-0.4, -0.2) is 0 Å². The topological polar surface area (TPSA) is 0 Å². The molecule has 0 saturated carbocycles. The lowest BCUT2D eigenvalue weighted by Gasteiger charge is -2.26. The number of rotatable bonds is 2. The van der Waals surface area contributed by atoms with Crippen LogP contribution < -0.4 is 0 Å². The van der Waals surface area contributed by atoms with E-state index in [9.17, 15) is 0 Å². The van der Waals surface area contributed by atoms with Gasteiger partial charge in [-0.3, -0.25) is 0 Å². The van der Waals surface area contributed by atoms with Crippen LogP contribution in [0, 0.1) is 0 Å². The number of alkyl halides is 1. The van der Waals surface area contributed by atoms with Crippen LogP contribution in [0.2, 0.25) is 0 Å². The van der Waals surface area contributed by atoms with Crippen LogP contribution in [0.25, 0.3) is 0 Å². The molecule has 0 fully saturated rings. The summed E-state index contributed by atoms with van der Waals surface area (Å²) in [5.74, 6) is 0. The van der Waals surface area contributed by atoms with Crippen molar-refractivity contribution in [1.82, 2.24) is 0 Å². The summed E-state index contributed by atoms with van der Waals surface area (Å²) in [5.41, 5.74) is 2.39. The standard InChI is InChI=1S/C25H15ClS4/c26-23(15-7-5-13-21-24(15)29-19-11-3-1-9-17(19)27-21)16-8-6-14-22-25(16)30-20-12-4-2-10-18(20)28-22/h1-14,23H. The first-order valence-electron chi connectivity index (χ1n) is 9.57. The lowest BCUT2D eigenvalue weighted by molar-refractivity contribution is 0.976. The van der Waals surface area contributed by atoms with Crippen molar-refractivity contribution in [2.45, 2.75) is 44.5 Å². The summed E-state index contributed by atoms with van der Waals surface area (Å²) in [6.45, 7) is 0. The lowest BCUT2D eigenvalue weighted by Crippen LogP contribution is -2.02. The highest BCUT2D eigenvalue weighted by molar-refractivity contribution is 8.05. The second-order valence-corrected chi connectivity index (χ2v) is 11.7. The van der Waals surface area contributed by atoms with Gasteiger partial charge in [0.05, 0.1) is 5.38 Å². The number of hydrogen-bond acceptors (Lipinski definition) is 4. The third-order valence-corrected chi connectivity index (χ3v) is 10.9. The Kier molecular flexibility index (Phi) is 5.09. The average molecular weight is 479 g/mol. The van der Waals surface area contributed by atoms with Gasteiger partial charge in [0.2, 0.25) is 0 Å². The van der Waals surface area contributed by atoms with Crippen LogP contribution in [0.1, 0.15) is 16.5 Å². The second kappa shape index (κ2) is 7.92. The molecule has 0 N–H and O–H groups in total. The minimum atomic E-state index is -0.188. The summed E-state index contributed by atoms with van der Waals surface area (Å²) in [4.78, 5) is 10.4. The average Bonchev–Trinajstić information content (AvgIpc) is 2.80. The van der Waals surface area contributed by atoms with Crippen molar-refractivity contribution < 1.29 is 0 Å². The fraction of sp³-hybridized carbons (Fsp3) is 0.0400. The molecule has 0 aromatic heterocycles. The number of fused-ring (bicyclic) bond motifs is 4. The molecule has 0 amide bonds. The van der Waals surface area contributed by atoms with Gasteiger partial charge in [0, 0.05) is 39.2 Å². The molecular formula is C25H15ClS4. The zero-order chi connectivity index (χ0) is 20.1. The Balaban J connectivity index is 1.42. The highest BCUT2D eigenvalue weighted by Crippen LogP contribution is 2.55. The molecule has 6 rings (SSSR count). The van der Waals surface area contributed by atoms with Crippen molar-refractivity contribution >= 4 is 58.6 Å². The first-order chi connectivity index (χ1) is 14.8. The maximum atomic E-state index is 7.21. The van der Waals surface area contributed by atoms with Gasteiger partial charge >= 0.3 is 0 Å².